The van der Waals surface area contributed by atoms with Crippen LogP contribution in [0.15, 0.2) is 0 Å². The molecule has 19 heavy (non-hydrogen) atoms. The zero-order valence-electron chi connectivity index (χ0n) is 11.1. The van der Waals surface area contributed by atoms with Gasteiger partial charge in [0.1, 0.15) is 0 Å². The van der Waals surface area contributed by atoms with Crippen LogP contribution >= 0.6 is 0 Å². The van der Waals surface area contributed by atoms with Crippen molar-refractivity contribution in [3.05, 3.63) is 11.4 Å². The minimum atomic E-state index is -5.67. The molecular formula is C11H16F5N3. The van der Waals surface area contributed by atoms with E-state index in [2.05, 4.69) is 10.3 Å². The van der Waals surface area contributed by atoms with Crippen molar-refractivity contribution in [1.29, 1.82) is 0 Å². The van der Waals surface area contributed by atoms with Gasteiger partial charge in [0.05, 0.1) is 5.69 Å². The third-order valence-corrected chi connectivity index (χ3v) is 2.54. The molecule has 3 nitrogen and oxygen atoms in total. The van der Waals surface area contributed by atoms with Crippen LogP contribution in [-0.2, 0) is 12.3 Å². The van der Waals surface area contributed by atoms with Gasteiger partial charge in [0.25, 0.3) is 0 Å². The normalized spacial score (nSPS) is 13.6. The minimum absolute atomic E-state index is 0.0617. The van der Waals surface area contributed by atoms with Crippen molar-refractivity contribution >= 4 is 0 Å². The van der Waals surface area contributed by atoms with E-state index in [1.165, 1.54) is 0 Å². The van der Waals surface area contributed by atoms with E-state index in [9.17, 15) is 22.0 Å². The lowest BCUT2D eigenvalue weighted by atomic mass is 10.0. The molecule has 1 aromatic heterocycles. The largest absolute Gasteiger partial charge is 0.459 e. The van der Waals surface area contributed by atoms with Gasteiger partial charge in [0.2, 0.25) is 0 Å². The predicted molar refractivity (Wildman–Crippen MR) is 58.9 cm³/mol. The molecule has 0 fully saturated rings. The van der Waals surface area contributed by atoms with Gasteiger partial charge >= 0.3 is 12.1 Å². The van der Waals surface area contributed by atoms with Crippen molar-refractivity contribution in [2.75, 3.05) is 0 Å². The number of hydrogen-bond donors (Lipinski definition) is 0. The number of alkyl halides is 5. The van der Waals surface area contributed by atoms with Crippen LogP contribution in [0.25, 0.3) is 0 Å². The molecule has 1 rings (SSSR count). The van der Waals surface area contributed by atoms with Crippen molar-refractivity contribution in [1.82, 2.24) is 15.0 Å². The summed E-state index contributed by atoms with van der Waals surface area (Å²) < 4.78 is 65.2. The first kappa shape index (κ1) is 15.8. The highest BCUT2D eigenvalue weighted by molar-refractivity contribution is 5.19. The highest BCUT2D eigenvalue weighted by atomic mass is 19.4. The Balaban J connectivity index is 3.36. The first-order valence-corrected chi connectivity index (χ1v) is 5.87. The third kappa shape index (κ3) is 3.03. The molecule has 0 aromatic carbocycles. The number of aromatic nitrogens is 3. The Morgan fingerprint density at radius 1 is 1.05 bits per heavy atom. The van der Waals surface area contributed by atoms with Gasteiger partial charge in [-0.05, 0) is 26.2 Å². The summed E-state index contributed by atoms with van der Waals surface area (Å²) in [7, 11) is 0. The number of rotatable bonds is 4. The van der Waals surface area contributed by atoms with Crippen LogP contribution < -0.4 is 0 Å². The average Bonchev–Trinajstić information content (AvgIpc) is 2.58. The lowest BCUT2D eigenvalue weighted by Gasteiger charge is -2.20. The molecule has 0 atom stereocenters. The van der Waals surface area contributed by atoms with Gasteiger partial charge in [-0.15, -0.1) is 5.10 Å². The zero-order chi connectivity index (χ0) is 15.0. The SMILES string of the molecule is CC(C)Cc1c(C(F)(F)C(F)(F)F)nnn1C(C)C. The second-order valence-electron chi connectivity index (χ2n) is 5.09. The summed E-state index contributed by atoms with van der Waals surface area (Å²) in [5, 5.41) is 6.51. The molecule has 1 aromatic rings. The van der Waals surface area contributed by atoms with Gasteiger partial charge in [0.15, 0.2) is 5.69 Å². The monoisotopic (exact) mass is 285 g/mol. The Hall–Kier alpha value is -1.21. The maximum Gasteiger partial charge on any atom is 0.459 e. The smallest absolute Gasteiger partial charge is 0.246 e. The van der Waals surface area contributed by atoms with E-state index < -0.39 is 17.8 Å². The molecule has 0 unspecified atom stereocenters. The molecule has 0 aliphatic carbocycles. The molecular weight excluding hydrogens is 269 g/mol. The Morgan fingerprint density at radius 2 is 1.58 bits per heavy atom. The lowest BCUT2D eigenvalue weighted by molar-refractivity contribution is -0.291. The van der Waals surface area contributed by atoms with E-state index in [1.807, 2.05) is 0 Å². The van der Waals surface area contributed by atoms with E-state index in [4.69, 9.17) is 0 Å². The second-order valence-corrected chi connectivity index (χ2v) is 5.09. The second kappa shape index (κ2) is 5.05. The molecule has 0 bridgehead atoms. The van der Waals surface area contributed by atoms with Crippen molar-refractivity contribution in [3.8, 4) is 0 Å². The topological polar surface area (TPSA) is 30.7 Å². The predicted octanol–water partition coefficient (Wildman–Crippen LogP) is 3.71. The highest BCUT2D eigenvalue weighted by Gasteiger charge is 2.61. The standard InChI is InChI=1S/C11H16F5N3/c1-6(2)5-8-9(10(12,13)11(14,15)16)17-18-19(8)7(3)4/h6-7H,5H2,1-4H3. The summed E-state index contributed by atoms with van der Waals surface area (Å²) in [6.45, 7) is 6.75. The average molecular weight is 285 g/mol. The van der Waals surface area contributed by atoms with Gasteiger partial charge in [-0.3, -0.25) is 0 Å². The van der Waals surface area contributed by atoms with Crippen molar-refractivity contribution in [2.24, 2.45) is 5.92 Å². The quantitative estimate of drug-likeness (QED) is 0.789. The summed E-state index contributed by atoms with van der Waals surface area (Å²) in [5.74, 6) is -5.07. The maximum atomic E-state index is 13.4. The Morgan fingerprint density at radius 3 is 1.95 bits per heavy atom. The van der Waals surface area contributed by atoms with Crippen molar-refractivity contribution < 1.29 is 22.0 Å². The molecule has 8 heteroatoms. The van der Waals surface area contributed by atoms with Crippen LogP contribution in [0.4, 0.5) is 22.0 Å². The lowest BCUT2D eigenvalue weighted by Crippen LogP contribution is -2.35. The van der Waals surface area contributed by atoms with Crippen LogP contribution in [0.3, 0.4) is 0 Å². The van der Waals surface area contributed by atoms with Crippen LogP contribution in [0.2, 0.25) is 0 Å². The zero-order valence-corrected chi connectivity index (χ0v) is 11.1. The summed E-state index contributed by atoms with van der Waals surface area (Å²) in [4.78, 5) is 0. The number of nitrogens with zero attached hydrogens (tertiary/aromatic N) is 3. The van der Waals surface area contributed by atoms with E-state index in [-0.39, 0.29) is 24.1 Å². The van der Waals surface area contributed by atoms with Gasteiger partial charge in [-0.1, -0.05) is 19.1 Å². The molecule has 1 heterocycles. The fourth-order valence-corrected chi connectivity index (χ4v) is 1.68. The fourth-order valence-electron chi connectivity index (χ4n) is 1.68. The van der Waals surface area contributed by atoms with Crippen molar-refractivity contribution in [2.45, 2.75) is 52.3 Å². The third-order valence-electron chi connectivity index (χ3n) is 2.54. The summed E-state index contributed by atoms with van der Waals surface area (Å²) in [5.41, 5.74) is -1.45. The molecule has 0 amide bonds. The van der Waals surface area contributed by atoms with E-state index in [0.29, 0.717) is 0 Å². The Kier molecular flexibility index (Phi) is 4.21. The van der Waals surface area contributed by atoms with Crippen LogP contribution in [0.1, 0.15) is 45.1 Å². The molecule has 0 radical (unpaired) electrons. The fraction of sp³-hybridized carbons (Fsp3) is 0.818. The van der Waals surface area contributed by atoms with Crippen molar-refractivity contribution in [3.63, 3.8) is 0 Å². The van der Waals surface area contributed by atoms with Gasteiger partial charge < -0.3 is 0 Å². The molecule has 0 spiro atoms. The summed E-state index contributed by atoms with van der Waals surface area (Å²) in [6.07, 6.45) is -5.61. The minimum Gasteiger partial charge on any atom is -0.246 e. The van der Waals surface area contributed by atoms with Gasteiger partial charge in [-0.25, -0.2) is 4.68 Å². The molecule has 0 N–H and O–H groups in total. The highest BCUT2D eigenvalue weighted by Crippen LogP contribution is 2.44. The number of halogens is 5. The number of hydrogen-bond acceptors (Lipinski definition) is 2. The molecule has 0 aliphatic heterocycles. The summed E-state index contributed by atoms with van der Waals surface area (Å²) >= 11 is 0. The molecule has 0 aliphatic rings. The van der Waals surface area contributed by atoms with Gasteiger partial charge in [0, 0.05) is 6.04 Å². The Bertz CT molecular complexity index is 434. The Labute approximate surface area is 107 Å². The van der Waals surface area contributed by atoms with Crippen LogP contribution in [0.5, 0.6) is 0 Å². The first-order valence-electron chi connectivity index (χ1n) is 5.87. The van der Waals surface area contributed by atoms with E-state index >= 15 is 0 Å². The van der Waals surface area contributed by atoms with E-state index in [1.54, 1.807) is 27.7 Å². The van der Waals surface area contributed by atoms with Gasteiger partial charge in [-0.2, -0.15) is 22.0 Å². The van der Waals surface area contributed by atoms with E-state index in [0.717, 1.165) is 4.68 Å². The molecule has 0 saturated carbocycles. The molecule has 110 valence electrons. The van der Waals surface area contributed by atoms with Crippen LogP contribution in [0, 0.1) is 5.92 Å². The first-order chi connectivity index (χ1) is 8.48. The summed E-state index contributed by atoms with van der Waals surface area (Å²) in [6, 6.07) is -0.334. The van der Waals surface area contributed by atoms with Crippen LogP contribution in [-0.4, -0.2) is 21.2 Å². The maximum absolute atomic E-state index is 13.4. The molecule has 0 saturated heterocycles.